The molecule has 0 heterocycles. The van der Waals surface area contributed by atoms with Gasteiger partial charge in [0.2, 0.25) is 0 Å². The summed E-state index contributed by atoms with van der Waals surface area (Å²) in [7, 11) is -4.67. The molecule has 0 saturated carbocycles. The molecule has 0 fully saturated rings. The first-order chi connectivity index (χ1) is 2.00. The van der Waals surface area contributed by atoms with E-state index in [2.05, 4.69) is 0 Å². The van der Waals surface area contributed by atoms with Crippen molar-refractivity contribution < 1.29 is 114 Å². The summed E-state index contributed by atoms with van der Waals surface area (Å²) in [5.74, 6) is 0. The standard InChI is InChI=1S/Ca.K.Mg.H2O4S.7H2O.5H/c;;;1-5(2,3)4;;;;;;;;;;;;/h;;;(H2,1,2,3,4);7*1H2;;;;;/q+2;+1;+2;;;;;;;;;5*-1. The Bertz CT molecular complexity index is 120. The Hall–Kier alpha value is 3.25. The third kappa shape index (κ3) is 379. The molecule has 98 valence electrons. The summed E-state index contributed by atoms with van der Waals surface area (Å²) in [5, 5.41) is 0. The van der Waals surface area contributed by atoms with Crippen LogP contribution in [0.1, 0.15) is 7.13 Å². The number of hydrogen-bond donors (Lipinski definition) is 2. The minimum atomic E-state index is -4.67. The van der Waals surface area contributed by atoms with Crippen LogP contribution in [0.25, 0.3) is 0 Å². The Kier molecular flexibility index (Phi) is 367. The molecule has 0 spiro atoms. The van der Waals surface area contributed by atoms with Crippen LogP contribution in [0.5, 0.6) is 0 Å². The van der Waals surface area contributed by atoms with Crippen molar-refractivity contribution in [3.05, 3.63) is 0 Å². The largest absolute Gasteiger partial charge is 2.00 e. The average Bonchev–Trinajstić information content (AvgIpc) is 0.722. The van der Waals surface area contributed by atoms with Crippen LogP contribution >= 0.6 is 0 Å². The molecule has 0 amide bonds. The molecule has 0 aromatic heterocycles. The van der Waals surface area contributed by atoms with Crippen LogP contribution in [0.15, 0.2) is 0 Å². The van der Waals surface area contributed by atoms with Crippen molar-refractivity contribution in [2.24, 2.45) is 0 Å². The van der Waals surface area contributed by atoms with E-state index in [1.54, 1.807) is 0 Å². The molecule has 0 aliphatic rings. The van der Waals surface area contributed by atoms with Crippen LogP contribution in [0.4, 0.5) is 0 Å². The second kappa shape index (κ2) is 53.2. The number of rotatable bonds is 0. The summed E-state index contributed by atoms with van der Waals surface area (Å²) in [6.07, 6.45) is 0. The zero-order chi connectivity index (χ0) is 4.50. The van der Waals surface area contributed by atoms with Gasteiger partial charge >= 0.3 is 123 Å². The van der Waals surface area contributed by atoms with Gasteiger partial charge in [0.25, 0.3) is 0 Å². The van der Waals surface area contributed by atoms with Crippen LogP contribution in [-0.4, -0.2) is 117 Å². The molecule has 0 atom stereocenters. The Morgan fingerprint density at radius 1 is 0.733 bits per heavy atom. The van der Waals surface area contributed by atoms with E-state index in [4.69, 9.17) is 17.5 Å². The fourth-order valence-corrected chi connectivity index (χ4v) is 0. The predicted octanol–water partition coefficient (Wildman–Crippen LogP) is -9.62. The van der Waals surface area contributed by atoms with Crippen LogP contribution < -0.4 is 51.4 Å². The molecule has 0 aromatic carbocycles. The smallest absolute Gasteiger partial charge is 1.00 e. The van der Waals surface area contributed by atoms with Crippen LogP contribution in [0, 0.1) is 0 Å². The van der Waals surface area contributed by atoms with Crippen LogP contribution in [0.3, 0.4) is 0 Å². The third-order valence-corrected chi connectivity index (χ3v) is 0. The Morgan fingerprint density at radius 3 is 0.733 bits per heavy atom. The minimum absolute atomic E-state index is 0. The molecule has 15 heteroatoms. The number of hydrogen-bond acceptors (Lipinski definition) is 2. The van der Waals surface area contributed by atoms with Gasteiger partial charge in [0.15, 0.2) is 0 Å². The first-order valence-corrected chi connectivity index (χ1v) is 2.10. The minimum Gasteiger partial charge on any atom is -1.00 e. The summed E-state index contributed by atoms with van der Waals surface area (Å²) in [5.41, 5.74) is 0. The molecule has 0 unspecified atom stereocenters. The van der Waals surface area contributed by atoms with Crippen molar-refractivity contribution in [3.8, 4) is 0 Å². The molecular weight excluding hydrogens is 312 g/mol. The van der Waals surface area contributed by atoms with E-state index in [9.17, 15) is 0 Å². The normalized spacial score (nSPS) is 3.87. The summed E-state index contributed by atoms with van der Waals surface area (Å²) in [6, 6.07) is 0. The summed E-state index contributed by atoms with van der Waals surface area (Å²) >= 11 is 0. The fraction of sp³-hybridized carbons (Fsp3) is 0. The molecule has 16 N–H and O–H groups in total. The molecule has 0 saturated heterocycles. The zero-order valence-electron chi connectivity index (χ0n) is 13.0. The van der Waals surface area contributed by atoms with Gasteiger partial charge in [0.1, 0.15) is 0 Å². The SMILES string of the molecule is O.O.O.O.O.O.O.O=S(=O)(O)O.[Ca+2].[H-].[H-].[H-].[H-].[H-].[K+].[Mg+2]. The molecular formula is H21CaKMgO11S. The van der Waals surface area contributed by atoms with Crippen molar-refractivity contribution in [1.29, 1.82) is 0 Å². The maximum absolute atomic E-state index is 8.74. The third-order valence-electron chi connectivity index (χ3n) is 0. The van der Waals surface area contributed by atoms with Crippen LogP contribution in [-0.2, 0) is 10.4 Å². The van der Waals surface area contributed by atoms with Crippen molar-refractivity contribution in [3.63, 3.8) is 0 Å². The molecule has 0 rings (SSSR count). The first kappa shape index (κ1) is 103. The van der Waals surface area contributed by atoms with Gasteiger partial charge in [-0.25, -0.2) is 0 Å². The van der Waals surface area contributed by atoms with Gasteiger partial charge in [-0.15, -0.1) is 0 Å². The average molecular weight is 333 g/mol. The van der Waals surface area contributed by atoms with Gasteiger partial charge in [-0.3, -0.25) is 9.11 Å². The summed E-state index contributed by atoms with van der Waals surface area (Å²) in [4.78, 5) is 0. The second-order valence-electron chi connectivity index (χ2n) is 0.448. The maximum atomic E-state index is 8.74. The monoisotopic (exact) mass is 332 g/mol. The van der Waals surface area contributed by atoms with E-state index in [1.165, 1.54) is 0 Å². The van der Waals surface area contributed by atoms with Gasteiger partial charge in [-0.2, -0.15) is 8.42 Å². The van der Waals surface area contributed by atoms with Crippen LogP contribution in [0.2, 0.25) is 0 Å². The van der Waals surface area contributed by atoms with Gasteiger partial charge in [0.05, 0.1) is 0 Å². The van der Waals surface area contributed by atoms with E-state index in [-0.39, 0.29) is 158 Å². The van der Waals surface area contributed by atoms with E-state index in [1.807, 2.05) is 0 Å². The van der Waals surface area contributed by atoms with E-state index in [0.717, 1.165) is 0 Å². The van der Waals surface area contributed by atoms with Crippen molar-refractivity contribution in [2.45, 2.75) is 0 Å². The molecule has 0 bridgehead atoms. The topological polar surface area (TPSA) is 295 Å². The maximum Gasteiger partial charge on any atom is 2.00 e. The van der Waals surface area contributed by atoms with Gasteiger partial charge < -0.3 is 45.5 Å². The molecule has 0 aliphatic heterocycles. The predicted molar refractivity (Wildman–Crippen MR) is 56.5 cm³/mol. The second-order valence-corrected chi connectivity index (χ2v) is 1.34. The van der Waals surface area contributed by atoms with E-state index in [0.29, 0.717) is 0 Å². The Balaban J connectivity index is -0.000000000762. The van der Waals surface area contributed by atoms with Gasteiger partial charge in [-0.05, 0) is 0 Å². The van der Waals surface area contributed by atoms with E-state index >= 15 is 0 Å². The van der Waals surface area contributed by atoms with Gasteiger partial charge in [0, 0.05) is 0 Å². The fourth-order valence-electron chi connectivity index (χ4n) is 0. The Labute approximate surface area is 182 Å². The van der Waals surface area contributed by atoms with E-state index < -0.39 is 10.4 Å². The molecule has 0 radical (unpaired) electrons. The van der Waals surface area contributed by atoms with Crippen molar-refractivity contribution in [2.75, 3.05) is 0 Å². The first-order valence-electron chi connectivity index (χ1n) is 0.698. The zero-order valence-corrected chi connectivity index (χ0v) is 15.6. The van der Waals surface area contributed by atoms with Crippen molar-refractivity contribution >= 4 is 71.2 Å². The molecule has 11 nitrogen and oxygen atoms in total. The molecule has 0 aromatic rings. The Morgan fingerprint density at radius 2 is 0.733 bits per heavy atom. The molecule has 0 aliphatic carbocycles. The summed E-state index contributed by atoms with van der Waals surface area (Å²) in [6.45, 7) is 0. The molecule has 15 heavy (non-hydrogen) atoms. The quantitative estimate of drug-likeness (QED) is 0.322. The van der Waals surface area contributed by atoms with Crippen molar-refractivity contribution in [1.82, 2.24) is 0 Å². The van der Waals surface area contributed by atoms with Gasteiger partial charge in [-0.1, -0.05) is 0 Å². The summed E-state index contributed by atoms with van der Waals surface area (Å²) < 4.78 is 31.6.